The van der Waals surface area contributed by atoms with E-state index in [0.717, 1.165) is 37.1 Å². The number of aryl methyl sites for hydroxylation is 1. The minimum Gasteiger partial charge on any atom is -0.508 e. The summed E-state index contributed by atoms with van der Waals surface area (Å²) in [5.74, 6) is 0.295. The molecule has 0 saturated carbocycles. The zero-order chi connectivity index (χ0) is 13.9. The van der Waals surface area contributed by atoms with Crippen molar-refractivity contribution in [2.75, 3.05) is 13.1 Å². The molecule has 0 bridgehead atoms. The van der Waals surface area contributed by atoms with E-state index in [2.05, 4.69) is 11.0 Å². The Balaban J connectivity index is 2.22. The molecule has 0 amide bonds. The van der Waals surface area contributed by atoms with Gasteiger partial charge in [-0.2, -0.15) is 5.26 Å². The Bertz CT molecular complexity index is 486. The van der Waals surface area contributed by atoms with E-state index < -0.39 is 5.54 Å². The van der Waals surface area contributed by atoms with Gasteiger partial charge in [0.05, 0.1) is 6.07 Å². The van der Waals surface area contributed by atoms with Crippen LogP contribution < -0.4 is 0 Å². The summed E-state index contributed by atoms with van der Waals surface area (Å²) in [6.07, 6.45) is 4.17. The van der Waals surface area contributed by atoms with Crippen molar-refractivity contribution < 1.29 is 5.11 Å². The number of benzene rings is 1. The van der Waals surface area contributed by atoms with E-state index in [4.69, 9.17) is 0 Å². The number of hydrogen-bond donors (Lipinski definition) is 1. The maximum Gasteiger partial charge on any atom is 0.118 e. The first-order valence-electron chi connectivity index (χ1n) is 7.00. The largest absolute Gasteiger partial charge is 0.508 e. The van der Waals surface area contributed by atoms with Crippen molar-refractivity contribution in [3.63, 3.8) is 0 Å². The second kappa shape index (κ2) is 5.63. The highest BCUT2D eigenvalue weighted by Gasteiger charge is 2.33. The lowest BCUT2D eigenvalue weighted by Gasteiger charge is -2.38. The molecule has 0 radical (unpaired) electrons. The monoisotopic (exact) mass is 258 g/mol. The highest BCUT2D eigenvalue weighted by atomic mass is 16.3. The third-order valence-corrected chi connectivity index (χ3v) is 4.06. The van der Waals surface area contributed by atoms with E-state index in [-0.39, 0.29) is 0 Å². The molecular weight excluding hydrogens is 236 g/mol. The molecule has 0 aromatic heterocycles. The summed E-state index contributed by atoms with van der Waals surface area (Å²) in [4.78, 5) is 2.26. The van der Waals surface area contributed by atoms with Crippen molar-refractivity contribution in [3.8, 4) is 11.8 Å². The van der Waals surface area contributed by atoms with Gasteiger partial charge in [-0.25, -0.2) is 0 Å². The van der Waals surface area contributed by atoms with Crippen LogP contribution in [0.5, 0.6) is 5.75 Å². The Hall–Kier alpha value is -1.53. The predicted octanol–water partition coefficient (Wildman–Crippen LogP) is 3.01. The second-order valence-electron chi connectivity index (χ2n) is 5.74. The molecule has 3 nitrogen and oxygen atoms in total. The second-order valence-corrected chi connectivity index (χ2v) is 5.74. The van der Waals surface area contributed by atoms with Gasteiger partial charge in [-0.15, -0.1) is 0 Å². The van der Waals surface area contributed by atoms with Crippen molar-refractivity contribution in [3.05, 3.63) is 29.3 Å². The first-order chi connectivity index (χ1) is 9.05. The third kappa shape index (κ3) is 3.08. The Morgan fingerprint density at radius 3 is 2.63 bits per heavy atom. The number of rotatable bonds is 3. The Morgan fingerprint density at radius 1 is 1.32 bits per heavy atom. The van der Waals surface area contributed by atoms with Crippen LogP contribution in [0, 0.1) is 18.3 Å². The van der Waals surface area contributed by atoms with Gasteiger partial charge in [0.25, 0.3) is 0 Å². The van der Waals surface area contributed by atoms with E-state index in [1.165, 1.54) is 6.42 Å². The molecule has 1 atom stereocenters. The fourth-order valence-corrected chi connectivity index (χ4v) is 2.84. The first-order valence-corrected chi connectivity index (χ1v) is 7.00. The number of nitrogens with zero attached hydrogens (tertiary/aromatic N) is 2. The maximum atomic E-state index is 9.96. The van der Waals surface area contributed by atoms with E-state index in [1.54, 1.807) is 6.07 Å². The SMILES string of the molecule is Cc1ccc(O)c(CC(C)(C#N)N2CCCCC2)c1. The van der Waals surface area contributed by atoms with Gasteiger partial charge < -0.3 is 5.11 Å². The zero-order valence-corrected chi connectivity index (χ0v) is 11.8. The van der Waals surface area contributed by atoms with Crippen LogP contribution in [-0.2, 0) is 6.42 Å². The summed E-state index contributed by atoms with van der Waals surface area (Å²) in [6, 6.07) is 8.05. The van der Waals surface area contributed by atoms with Crippen molar-refractivity contribution in [2.45, 2.75) is 45.1 Å². The number of phenolic OH excluding ortho intramolecular Hbond substituents is 1. The molecule has 1 saturated heterocycles. The number of likely N-dealkylation sites (tertiary alicyclic amines) is 1. The molecule has 1 N–H and O–H groups in total. The van der Waals surface area contributed by atoms with E-state index in [1.807, 2.05) is 26.0 Å². The van der Waals surface area contributed by atoms with Gasteiger partial charge >= 0.3 is 0 Å². The molecule has 0 aliphatic carbocycles. The third-order valence-electron chi connectivity index (χ3n) is 4.06. The van der Waals surface area contributed by atoms with Gasteiger partial charge in [-0.05, 0) is 51.4 Å². The summed E-state index contributed by atoms with van der Waals surface area (Å²) in [7, 11) is 0. The van der Waals surface area contributed by atoms with Crippen LogP contribution >= 0.6 is 0 Å². The van der Waals surface area contributed by atoms with Crippen LogP contribution in [0.1, 0.15) is 37.3 Å². The van der Waals surface area contributed by atoms with Crippen LogP contribution in [0.25, 0.3) is 0 Å². The normalized spacial score (nSPS) is 19.6. The lowest BCUT2D eigenvalue weighted by molar-refractivity contribution is 0.123. The van der Waals surface area contributed by atoms with Gasteiger partial charge in [0.1, 0.15) is 11.3 Å². The van der Waals surface area contributed by atoms with Crippen LogP contribution in [0.2, 0.25) is 0 Å². The van der Waals surface area contributed by atoms with Crippen LogP contribution in [-0.4, -0.2) is 28.6 Å². The topological polar surface area (TPSA) is 47.3 Å². The molecule has 1 fully saturated rings. The Labute approximate surface area is 115 Å². The van der Waals surface area contributed by atoms with Gasteiger partial charge in [0.2, 0.25) is 0 Å². The maximum absolute atomic E-state index is 9.96. The fourth-order valence-electron chi connectivity index (χ4n) is 2.84. The highest BCUT2D eigenvalue weighted by molar-refractivity contribution is 5.38. The first kappa shape index (κ1) is 13.9. The molecule has 1 aromatic rings. The molecule has 19 heavy (non-hydrogen) atoms. The Morgan fingerprint density at radius 2 is 2.00 bits per heavy atom. The predicted molar refractivity (Wildman–Crippen MR) is 76.0 cm³/mol. The van der Waals surface area contributed by atoms with Gasteiger partial charge in [-0.1, -0.05) is 24.1 Å². The van der Waals surface area contributed by atoms with Gasteiger partial charge in [0, 0.05) is 6.42 Å². The van der Waals surface area contributed by atoms with E-state index in [0.29, 0.717) is 12.2 Å². The number of phenols is 1. The number of aromatic hydroxyl groups is 1. The highest BCUT2D eigenvalue weighted by Crippen LogP contribution is 2.28. The van der Waals surface area contributed by atoms with Crippen molar-refractivity contribution >= 4 is 0 Å². The summed E-state index contributed by atoms with van der Waals surface area (Å²) in [5.41, 5.74) is 1.47. The van der Waals surface area contributed by atoms with Crippen LogP contribution in [0.4, 0.5) is 0 Å². The molecule has 1 aliphatic rings. The van der Waals surface area contributed by atoms with Crippen molar-refractivity contribution in [1.29, 1.82) is 5.26 Å². The average molecular weight is 258 g/mol. The average Bonchev–Trinajstić information content (AvgIpc) is 2.44. The number of piperidine rings is 1. The smallest absolute Gasteiger partial charge is 0.118 e. The molecule has 1 aliphatic heterocycles. The molecular formula is C16H22N2O. The van der Waals surface area contributed by atoms with Crippen molar-refractivity contribution in [1.82, 2.24) is 4.90 Å². The standard InChI is InChI=1S/C16H22N2O/c1-13-6-7-15(19)14(10-13)11-16(2,12-17)18-8-4-3-5-9-18/h6-7,10,19H,3-5,8-9,11H2,1-2H3. The molecule has 102 valence electrons. The molecule has 1 heterocycles. The summed E-state index contributed by atoms with van der Waals surface area (Å²) >= 11 is 0. The molecule has 2 rings (SSSR count). The number of nitriles is 1. The quantitative estimate of drug-likeness (QED) is 0.906. The fraction of sp³-hybridized carbons (Fsp3) is 0.562. The summed E-state index contributed by atoms with van der Waals surface area (Å²) < 4.78 is 0. The van der Waals surface area contributed by atoms with Crippen LogP contribution in [0.3, 0.4) is 0 Å². The molecule has 1 unspecified atom stereocenters. The van der Waals surface area contributed by atoms with E-state index >= 15 is 0 Å². The zero-order valence-electron chi connectivity index (χ0n) is 11.8. The van der Waals surface area contributed by atoms with Gasteiger partial charge in [-0.3, -0.25) is 4.90 Å². The lowest BCUT2D eigenvalue weighted by atomic mass is 9.89. The summed E-state index contributed by atoms with van der Waals surface area (Å²) in [5, 5.41) is 19.5. The summed E-state index contributed by atoms with van der Waals surface area (Å²) in [6.45, 7) is 5.96. The van der Waals surface area contributed by atoms with Crippen molar-refractivity contribution in [2.24, 2.45) is 0 Å². The Kier molecular flexibility index (Phi) is 4.11. The molecule has 0 spiro atoms. The molecule has 1 aromatic carbocycles. The van der Waals surface area contributed by atoms with Crippen LogP contribution in [0.15, 0.2) is 18.2 Å². The minimum atomic E-state index is -0.522. The van der Waals surface area contributed by atoms with Gasteiger partial charge in [0.15, 0.2) is 0 Å². The minimum absolute atomic E-state index is 0.295. The lowest BCUT2D eigenvalue weighted by Crippen LogP contribution is -2.49. The van der Waals surface area contributed by atoms with E-state index in [9.17, 15) is 10.4 Å². The molecule has 3 heteroatoms. The number of hydrogen-bond acceptors (Lipinski definition) is 3.